The number of hydrogen-bond donors (Lipinski definition) is 0. The number of benzene rings is 14. The van der Waals surface area contributed by atoms with E-state index in [4.69, 9.17) is 28.4 Å². The van der Waals surface area contributed by atoms with Crippen LogP contribution >= 0.6 is 0 Å². The summed E-state index contributed by atoms with van der Waals surface area (Å²) in [5.74, 6) is -3.76. The molecule has 6 unspecified atom stereocenters. The van der Waals surface area contributed by atoms with Gasteiger partial charge in [0.1, 0.15) is 0 Å². The molecular formula is C81H30O12. The summed E-state index contributed by atoms with van der Waals surface area (Å²) in [6, 6.07) is 0. The van der Waals surface area contributed by atoms with E-state index in [1.807, 2.05) is 41.5 Å². The summed E-state index contributed by atoms with van der Waals surface area (Å²) in [6.45, 7) is 11.0. The fourth-order valence-electron chi connectivity index (χ4n) is 32.2. The van der Waals surface area contributed by atoms with Crippen molar-refractivity contribution in [3.8, 4) is 33.4 Å². The molecule has 0 N–H and O–H groups in total. The molecule has 12 nitrogen and oxygen atoms in total. The zero-order chi connectivity index (χ0) is 59.6. The van der Waals surface area contributed by atoms with Gasteiger partial charge in [0.15, 0.2) is 16.2 Å². The quantitative estimate of drug-likeness (QED) is 0.0494. The van der Waals surface area contributed by atoms with Crippen LogP contribution in [0.4, 0.5) is 0 Å². The highest BCUT2D eigenvalue weighted by Gasteiger charge is 3.10. The zero-order valence-corrected chi connectivity index (χ0v) is 49.6. The van der Waals surface area contributed by atoms with Crippen LogP contribution in [0.1, 0.15) is 108 Å². The fraction of sp³-hybridized carbons (Fsp3) is 0.259. The number of rotatable bonds is 12. The Morgan fingerprint density at radius 1 is 0.183 bits per heavy atom. The van der Waals surface area contributed by atoms with E-state index in [-0.39, 0.29) is 39.6 Å². The van der Waals surface area contributed by atoms with Crippen LogP contribution in [0.3, 0.4) is 0 Å². The van der Waals surface area contributed by atoms with Gasteiger partial charge in [0.25, 0.3) is 0 Å². The van der Waals surface area contributed by atoms with E-state index >= 15 is 28.8 Å². The minimum absolute atomic E-state index is 0.0000392. The molecule has 0 radical (unpaired) electrons. The van der Waals surface area contributed by atoms with Crippen LogP contribution in [-0.4, -0.2) is 75.5 Å². The second kappa shape index (κ2) is 9.60. The molecule has 93 heavy (non-hydrogen) atoms. The van der Waals surface area contributed by atoms with Gasteiger partial charge >= 0.3 is 35.8 Å². The first-order valence-electron chi connectivity index (χ1n) is 33.9. The van der Waals surface area contributed by atoms with E-state index in [1.54, 1.807) is 0 Å². The lowest BCUT2D eigenvalue weighted by molar-refractivity contribution is -0.167. The molecule has 0 bridgehead atoms. The van der Waals surface area contributed by atoms with E-state index in [0.29, 0.717) is 0 Å². The van der Waals surface area contributed by atoms with E-state index in [1.165, 1.54) is 113 Å². The van der Waals surface area contributed by atoms with Crippen LogP contribution in [0.2, 0.25) is 0 Å². The van der Waals surface area contributed by atoms with Crippen LogP contribution in [-0.2, 0) is 89.7 Å². The summed E-state index contributed by atoms with van der Waals surface area (Å²) < 4.78 is 40.6. The predicted molar refractivity (Wildman–Crippen MR) is 345 cm³/mol. The molecule has 3 saturated carbocycles. The monoisotopic (exact) mass is 1190 g/mol. The topological polar surface area (TPSA) is 158 Å². The first kappa shape index (κ1) is 41.3. The third-order valence-electron chi connectivity index (χ3n) is 31.6. The molecule has 0 heterocycles. The number of hydrogen-bond acceptors (Lipinski definition) is 12. The summed E-state index contributed by atoms with van der Waals surface area (Å²) in [5.41, 5.74) is 0.936. The molecule has 15 aliphatic rings. The first-order valence-corrected chi connectivity index (χ1v) is 33.9. The molecule has 0 amide bonds. The van der Waals surface area contributed by atoms with Gasteiger partial charge in [-0.1, -0.05) is 0 Å². The lowest BCUT2D eigenvalue weighted by Crippen LogP contribution is -2.39. The maximum Gasteiger partial charge on any atom is 0.326 e. The molecule has 20 aromatic rings. The van der Waals surface area contributed by atoms with Gasteiger partial charge in [0.05, 0.1) is 72.1 Å². The van der Waals surface area contributed by atoms with Crippen molar-refractivity contribution in [2.24, 2.45) is 16.2 Å². The lowest BCUT2D eigenvalue weighted by Gasteiger charge is -2.35. The molecule has 6 spiro atoms. The molecule has 0 aromatic heterocycles. The average molecular weight is 1200 g/mol. The van der Waals surface area contributed by atoms with Crippen molar-refractivity contribution < 1.29 is 57.2 Å². The fourth-order valence-corrected chi connectivity index (χ4v) is 32.2. The zero-order valence-electron chi connectivity index (χ0n) is 49.6. The van der Waals surface area contributed by atoms with E-state index < -0.39 is 84.6 Å². The third kappa shape index (κ3) is 2.16. The molecular weight excluding hydrogens is 1160 g/mol. The maximum absolute atomic E-state index is 17.4. The molecule has 12 heteroatoms. The molecule has 0 aliphatic heterocycles. The van der Waals surface area contributed by atoms with Crippen molar-refractivity contribution in [3.63, 3.8) is 0 Å². The normalized spacial score (nSPS) is 28.7. The second-order valence-corrected chi connectivity index (χ2v) is 31.3. The van der Waals surface area contributed by atoms with Crippen LogP contribution in [0.25, 0.3) is 227 Å². The first-order chi connectivity index (χ1) is 45.6. The smallest absolute Gasteiger partial charge is 0.326 e. The van der Waals surface area contributed by atoms with Gasteiger partial charge in [-0.3, -0.25) is 28.8 Å². The largest absolute Gasteiger partial charge is 0.465 e. The van der Waals surface area contributed by atoms with E-state index in [9.17, 15) is 0 Å². The summed E-state index contributed by atoms with van der Waals surface area (Å²) >= 11 is 0. The molecule has 20 aromatic carbocycles. The third-order valence-corrected chi connectivity index (χ3v) is 31.6. The van der Waals surface area contributed by atoms with Crippen LogP contribution in [0.15, 0.2) is 0 Å². The SMILES string of the molecule is CCOC(=O)C1(C(=O)OCC)C23c4c5c6c7c8c4-c4c2c2c9c%10c%11c%12c(c-5c5c%13c%14c%15c%16c%17c(c-7c7c%18c%19c%20c%21c(c4C%204C(C(=O)OCC)(C(=O)OCC)C874)c2c2c9c4c%11c7c(c%13%12)c%14c8c%16c9c(c%18%17)c%19c%11c%21c2c2c4c7c8c9c%112)C%152C(C(=O)OCC)(C(=O)OCC)C652)C%1013. The molecule has 35 rings (SSSR count). The van der Waals surface area contributed by atoms with Crippen LogP contribution in [0, 0.1) is 16.2 Å². The minimum atomic E-state index is -2.07. The summed E-state index contributed by atoms with van der Waals surface area (Å²) in [4.78, 5) is 104. The van der Waals surface area contributed by atoms with Gasteiger partial charge in [0.2, 0.25) is 0 Å². The molecule has 3 fully saturated rings. The van der Waals surface area contributed by atoms with E-state index in [0.717, 1.165) is 181 Å². The average Bonchev–Trinajstić information content (AvgIpc) is 1.33. The Balaban J connectivity index is 1.03. The van der Waals surface area contributed by atoms with Crippen molar-refractivity contribution in [2.45, 2.75) is 74.0 Å². The summed E-state index contributed by atoms with van der Waals surface area (Å²) in [5, 5.41) is 42.3. The Morgan fingerprint density at radius 3 is 0.462 bits per heavy atom. The summed E-state index contributed by atoms with van der Waals surface area (Å²) in [7, 11) is 0. The molecule has 6 atom stereocenters. The van der Waals surface area contributed by atoms with E-state index in [2.05, 4.69) is 0 Å². The van der Waals surface area contributed by atoms with Gasteiger partial charge in [-0.2, -0.15) is 0 Å². The Labute approximate surface area is 514 Å². The molecule has 15 aliphatic carbocycles. The Hall–Kier alpha value is -10.2. The number of carbonyl (C=O) groups is 6. The Morgan fingerprint density at radius 2 is 0.301 bits per heavy atom. The van der Waals surface area contributed by atoms with Gasteiger partial charge in [0, 0.05) is 0 Å². The van der Waals surface area contributed by atoms with Gasteiger partial charge in [-0.25, -0.2) is 0 Å². The maximum atomic E-state index is 17.4. The van der Waals surface area contributed by atoms with Crippen molar-refractivity contribution >= 4 is 230 Å². The van der Waals surface area contributed by atoms with Crippen molar-refractivity contribution in [3.05, 3.63) is 66.8 Å². The Kier molecular flexibility index (Phi) is 4.27. The van der Waals surface area contributed by atoms with Gasteiger partial charge in [-0.15, -0.1) is 0 Å². The minimum Gasteiger partial charge on any atom is -0.465 e. The van der Waals surface area contributed by atoms with Crippen molar-refractivity contribution in [1.82, 2.24) is 0 Å². The van der Waals surface area contributed by atoms with Gasteiger partial charge in [-0.05, 0) is 336 Å². The van der Waals surface area contributed by atoms with Crippen molar-refractivity contribution in [2.75, 3.05) is 39.6 Å². The molecule has 0 saturated heterocycles. The van der Waals surface area contributed by atoms with Crippen molar-refractivity contribution in [1.29, 1.82) is 0 Å². The van der Waals surface area contributed by atoms with Crippen LogP contribution in [0.5, 0.6) is 0 Å². The summed E-state index contributed by atoms with van der Waals surface area (Å²) in [6.07, 6.45) is 0. The number of carbonyl (C=O) groups excluding carboxylic acids is 6. The standard InChI is InChI=1S/C81H30O12/c1-7-88-67(82)79(68(83)89-8-2)73-55-37-28-19-13-16-14-18-15-17(13)23-30-21(15)27-33-24(18)29-20(14)25-31(22(16)28)40(55)46-35(25)44-38(29)56-42(33)48-36(27)45-39(30)57-41-32(23)26(19)34-43(37)58(73)49-52-64-53-50(61(46)76(64,73)79)59(44)74(56)78(80(74,69(84)90-9-3)70(85)91-10-4)63(48)51-54(66(53)78)65(52)77(62(49)47(34)41)75(57,60(45)51)81(77,71(86)92-11-5)72(87)93-12-6/h7-12H2,1-6H3. The highest BCUT2D eigenvalue weighted by atomic mass is 16.6. The second-order valence-electron chi connectivity index (χ2n) is 31.3. The Bertz CT molecular complexity index is 7130. The predicted octanol–water partition coefficient (Wildman–Crippen LogP) is 13.7. The highest BCUT2D eigenvalue weighted by Crippen LogP contribution is 3.07. The van der Waals surface area contributed by atoms with Crippen LogP contribution < -0.4 is 0 Å². The molecule has 426 valence electrons. The lowest BCUT2D eigenvalue weighted by atomic mass is 9.65. The number of ether oxygens (including phenoxy) is 6. The number of esters is 6. The van der Waals surface area contributed by atoms with Gasteiger partial charge < -0.3 is 28.4 Å². The highest BCUT2D eigenvalue weighted by molar-refractivity contribution is 6.76.